The number of methoxy groups -OCH3 is 1. The molecule has 1 aliphatic rings. The summed E-state index contributed by atoms with van der Waals surface area (Å²) in [4.78, 5) is 2.48. The van der Waals surface area contributed by atoms with Gasteiger partial charge in [0.25, 0.3) is 0 Å². The molecule has 1 fully saturated rings. The Morgan fingerprint density at radius 2 is 2.07 bits per heavy atom. The van der Waals surface area contributed by atoms with Crippen LogP contribution in [0.4, 0.5) is 0 Å². The Morgan fingerprint density at radius 1 is 1.47 bits per heavy atom. The van der Waals surface area contributed by atoms with E-state index in [0.717, 1.165) is 26.2 Å². The summed E-state index contributed by atoms with van der Waals surface area (Å²) in [6.45, 7) is 10.4. The molecular formula is C12H26N2O. The highest BCUT2D eigenvalue weighted by atomic mass is 16.5. The molecule has 1 atom stereocenters. The molecule has 0 heterocycles. The van der Waals surface area contributed by atoms with Crippen molar-refractivity contribution in [2.45, 2.75) is 39.2 Å². The average molecular weight is 214 g/mol. The number of rotatable bonds is 7. The largest absolute Gasteiger partial charge is 0.383 e. The lowest BCUT2D eigenvalue weighted by atomic mass is 9.82. The molecule has 2 N–H and O–H groups in total. The normalized spacial score (nSPS) is 22.8. The van der Waals surface area contributed by atoms with Gasteiger partial charge < -0.3 is 10.5 Å². The van der Waals surface area contributed by atoms with Crippen LogP contribution in [0, 0.1) is 5.41 Å². The van der Waals surface area contributed by atoms with Crippen molar-refractivity contribution in [3.8, 4) is 0 Å². The van der Waals surface area contributed by atoms with Gasteiger partial charge in [0.15, 0.2) is 0 Å². The minimum Gasteiger partial charge on any atom is -0.383 e. The summed E-state index contributed by atoms with van der Waals surface area (Å²) in [5, 5.41) is 0. The van der Waals surface area contributed by atoms with Crippen molar-refractivity contribution >= 4 is 0 Å². The fourth-order valence-electron chi connectivity index (χ4n) is 2.44. The van der Waals surface area contributed by atoms with E-state index < -0.39 is 0 Å². The summed E-state index contributed by atoms with van der Waals surface area (Å²) in [5.74, 6) is 0. The first-order chi connectivity index (χ1) is 7.04. The van der Waals surface area contributed by atoms with Crippen LogP contribution in [0.15, 0.2) is 0 Å². The molecule has 0 aliphatic heterocycles. The SMILES string of the molecule is CCN(CCOC)C(C)(CN)C1(C)CC1. The van der Waals surface area contributed by atoms with Crippen LogP contribution < -0.4 is 5.73 Å². The topological polar surface area (TPSA) is 38.5 Å². The third-order valence-corrected chi connectivity index (χ3v) is 4.34. The van der Waals surface area contributed by atoms with Crippen LogP contribution in [0.2, 0.25) is 0 Å². The zero-order valence-corrected chi connectivity index (χ0v) is 10.7. The lowest BCUT2D eigenvalue weighted by Crippen LogP contribution is -2.57. The van der Waals surface area contributed by atoms with Gasteiger partial charge >= 0.3 is 0 Å². The Balaban J connectivity index is 2.68. The van der Waals surface area contributed by atoms with Crippen LogP contribution in [-0.2, 0) is 4.74 Å². The van der Waals surface area contributed by atoms with E-state index in [-0.39, 0.29) is 5.54 Å². The predicted molar refractivity (Wildman–Crippen MR) is 63.9 cm³/mol. The van der Waals surface area contributed by atoms with Gasteiger partial charge in [-0.2, -0.15) is 0 Å². The summed E-state index contributed by atoms with van der Waals surface area (Å²) >= 11 is 0. The van der Waals surface area contributed by atoms with E-state index in [1.807, 2.05) is 0 Å². The minimum atomic E-state index is 0.139. The van der Waals surface area contributed by atoms with Crippen molar-refractivity contribution in [3.63, 3.8) is 0 Å². The van der Waals surface area contributed by atoms with Gasteiger partial charge in [0.2, 0.25) is 0 Å². The monoisotopic (exact) mass is 214 g/mol. The number of likely N-dealkylation sites (N-methyl/N-ethyl adjacent to an activating group) is 1. The molecule has 0 radical (unpaired) electrons. The second-order valence-corrected chi connectivity index (χ2v) is 5.11. The van der Waals surface area contributed by atoms with Gasteiger partial charge in [0.05, 0.1) is 6.61 Å². The van der Waals surface area contributed by atoms with Crippen LogP contribution in [-0.4, -0.2) is 43.8 Å². The highest BCUT2D eigenvalue weighted by Crippen LogP contribution is 2.55. The molecule has 1 aliphatic carbocycles. The summed E-state index contributed by atoms with van der Waals surface area (Å²) < 4.78 is 5.16. The second kappa shape index (κ2) is 4.81. The summed E-state index contributed by atoms with van der Waals surface area (Å²) in [6, 6.07) is 0. The Bertz CT molecular complexity index is 204. The average Bonchev–Trinajstić information content (AvgIpc) is 2.98. The molecule has 15 heavy (non-hydrogen) atoms. The van der Waals surface area contributed by atoms with Crippen molar-refractivity contribution in [2.24, 2.45) is 11.1 Å². The molecule has 0 aromatic rings. The smallest absolute Gasteiger partial charge is 0.0589 e. The molecule has 0 bridgehead atoms. The Hall–Kier alpha value is -0.120. The lowest BCUT2D eigenvalue weighted by Gasteiger charge is -2.45. The van der Waals surface area contributed by atoms with Crippen molar-refractivity contribution in [1.82, 2.24) is 4.90 Å². The third kappa shape index (κ3) is 2.35. The van der Waals surface area contributed by atoms with Gasteiger partial charge in [0.1, 0.15) is 0 Å². The Morgan fingerprint density at radius 3 is 2.40 bits per heavy atom. The van der Waals surface area contributed by atoms with Crippen molar-refractivity contribution in [2.75, 3.05) is 33.4 Å². The number of nitrogens with two attached hydrogens (primary N) is 1. The van der Waals surface area contributed by atoms with Gasteiger partial charge in [-0.1, -0.05) is 13.8 Å². The summed E-state index contributed by atoms with van der Waals surface area (Å²) in [5.41, 5.74) is 6.56. The van der Waals surface area contributed by atoms with Crippen LogP contribution in [0.1, 0.15) is 33.6 Å². The van der Waals surface area contributed by atoms with Crippen LogP contribution in [0.5, 0.6) is 0 Å². The molecule has 0 aromatic heterocycles. The third-order valence-electron chi connectivity index (χ3n) is 4.34. The highest BCUT2D eigenvalue weighted by molar-refractivity contribution is 5.09. The first-order valence-corrected chi connectivity index (χ1v) is 5.98. The van der Waals surface area contributed by atoms with E-state index in [9.17, 15) is 0 Å². The Kier molecular flexibility index (Phi) is 4.15. The molecule has 1 saturated carbocycles. The Labute approximate surface area is 94.0 Å². The van der Waals surface area contributed by atoms with Crippen molar-refractivity contribution < 1.29 is 4.74 Å². The van der Waals surface area contributed by atoms with Crippen molar-refractivity contribution in [3.05, 3.63) is 0 Å². The van der Waals surface area contributed by atoms with Gasteiger partial charge in [0, 0.05) is 25.7 Å². The molecule has 1 unspecified atom stereocenters. The van der Waals surface area contributed by atoms with E-state index in [4.69, 9.17) is 10.5 Å². The van der Waals surface area contributed by atoms with Gasteiger partial charge in [-0.3, -0.25) is 4.90 Å². The number of nitrogens with zero attached hydrogens (tertiary/aromatic N) is 1. The molecular weight excluding hydrogens is 188 g/mol. The molecule has 0 amide bonds. The molecule has 3 nitrogen and oxygen atoms in total. The van der Waals surface area contributed by atoms with Gasteiger partial charge in [-0.25, -0.2) is 0 Å². The van der Waals surface area contributed by atoms with E-state index in [1.165, 1.54) is 12.8 Å². The van der Waals surface area contributed by atoms with E-state index in [0.29, 0.717) is 5.41 Å². The molecule has 3 heteroatoms. The van der Waals surface area contributed by atoms with Crippen molar-refractivity contribution in [1.29, 1.82) is 0 Å². The first-order valence-electron chi connectivity index (χ1n) is 5.98. The number of hydrogen-bond donors (Lipinski definition) is 1. The fourth-order valence-corrected chi connectivity index (χ4v) is 2.44. The van der Waals surface area contributed by atoms with E-state index in [1.54, 1.807) is 7.11 Å². The summed E-state index contributed by atoms with van der Waals surface area (Å²) in [6.07, 6.45) is 2.62. The number of ether oxygens (including phenoxy) is 1. The first kappa shape index (κ1) is 12.9. The van der Waals surface area contributed by atoms with Crippen LogP contribution in [0.3, 0.4) is 0 Å². The van der Waals surface area contributed by atoms with E-state index >= 15 is 0 Å². The van der Waals surface area contributed by atoms with E-state index in [2.05, 4.69) is 25.7 Å². The highest BCUT2D eigenvalue weighted by Gasteiger charge is 2.54. The molecule has 0 spiro atoms. The molecule has 0 saturated heterocycles. The van der Waals surface area contributed by atoms with Crippen LogP contribution in [0.25, 0.3) is 0 Å². The maximum atomic E-state index is 6.00. The predicted octanol–water partition coefficient (Wildman–Crippen LogP) is 1.47. The molecule has 0 aromatic carbocycles. The van der Waals surface area contributed by atoms with Gasteiger partial charge in [-0.05, 0) is 31.7 Å². The summed E-state index contributed by atoms with van der Waals surface area (Å²) in [7, 11) is 1.76. The van der Waals surface area contributed by atoms with Gasteiger partial charge in [-0.15, -0.1) is 0 Å². The maximum absolute atomic E-state index is 6.00. The molecule has 1 rings (SSSR count). The maximum Gasteiger partial charge on any atom is 0.0589 e. The molecule has 90 valence electrons. The quantitative estimate of drug-likeness (QED) is 0.697. The standard InChI is InChI=1S/C12H26N2O/c1-5-14(8-9-15-4)12(3,10-13)11(2)6-7-11/h5-10,13H2,1-4H3. The number of hydrogen-bond acceptors (Lipinski definition) is 3. The zero-order valence-electron chi connectivity index (χ0n) is 10.7. The second-order valence-electron chi connectivity index (χ2n) is 5.11. The lowest BCUT2D eigenvalue weighted by molar-refractivity contribution is 0.0297. The van der Waals surface area contributed by atoms with Crippen LogP contribution >= 0.6 is 0 Å². The fraction of sp³-hybridized carbons (Fsp3) is 1.00. The minimum absolute atomic E-state index is 0.139. The zero-order chi connectivity index (χ0) is 11.5.